The van der Waals surface area contributed by atoms with Crippen molar-refractivity contribution in [1.29, 1.82) is 0 Å². The Labute approximate surface area is 107 Å². The summed E-state index contributed by atoms with van der Waals surface area (Å²) in [7, 11) is 0. The fourth-order valence-electron chi connectivity index (χ4n) is 2.45. The highest BCUT2D eigenvalue weighted by atomic mass is 14.1. The molecule has 0 fully saturated rings. The summed E-state index contributed by atoms with van der Waals surface area (Å²) in [5, 5.41) is 0. The van der Waals surface area contributed by atoms with Gasteiger partial charge in [-0.25, -0.2) is 0 Å². The molecule has 0 heteroatoms. The van der Waals surface area contributed by atoms with Gasteiger partial charge in [-0.3, -0.25) is 0 Å². The van der Waals surface area contributed by atoms with Crippen LogP contribution in [0.3, 0.4) is 0 Å². The molecule has 0 N–H and O–H groups in total. The van der Waals surface area contributed by atoms with Crippen LogP contribution in [0.5, 0.6) is 0 Å². The highest BCUT2D eigenvalue weighted by Crippen LogP contribution is 2.22. The molecule has 0 saturated carbocycles. The maximum Gasteiger partial charge on any atom is -0.00947 e. The van der Waals surface area contributed by atoms with Gasteiger partial charge in [0.05, 0.1) is 0 Å². The van der Waals surface area contributed by atoms with E-state index in [1.165, 1.54) is 30.4 Å². The van der Waals surface area contributed by atoms with Gasteiger partial charge < -0.3 is 0 Å². The van der Waals surface area contributed by atoms with E-state index < -0.39 is 0 Å². The highest BCUT2D eigenvalue weighted by Gasteiger charge is 2.08. The molecule has 0 unspecified atom stereocenters. The topological polar surface area (TPSA) is 0 Å². The van der Waals surface area contributed by atoms with Gasteiger partial charge in [-0.2, -0.15) is 0 Å². The van der Waals surface area contributed by atoms with Crippen LogP contribution in [-0.4, -0.2) is 0 Å². The first kappa shape index (κ1) is 14.0. The molecule has 0 aromatic heterocycles. The van der Waals surface area contributed by atoms with Crippen molar-refractivity contribution < 1.29 is 0 Å². The Bertz CT molecular complexity index is 372. The lowest BCUT2D eigenvalue weighted by atomic mass is 9.90. The largest absolute Gasteiger partial charge is 0.0913 e. The second kappa shape index (κ2) is 7.32. The molecule has 1 rings (SSSR count). The molecule has 0 radical (unpaired) electrons. The van der Waals surface area contributed by atoms with Crippen molar-refractivity contribution in [2.75, 3.05) is 0 Å². The molecular weight excluding hydrogens is 204 g/mol. The van der Waals surface area contributed by atoms with Gasteiger partial charge in [0.2, 0.25) is 0 Å². The Hall–Kier alpha value is -1.04. The maximum absolute atomic E-state index is 2.32. The van der Waals surface area contributed by atoms with E-state index in [2.05, 4.69) is 52.0 Å². The van der Waals surface area contributed by atoms with Gasteiger partial charge in [0.1, 0.15) is 0 Å². The Balaban J connectivity index is 3.09. The summed E-state index contributed by atoms with van der Waals surface area (Å²) in [4.78, 5) is 0. The summed E-state index contributed by atoms with van der Waals surface area (Å²) < 4.78 is 0. The van der Waals surface area contributed by atoms with Gasteiger partial charge in [0.15, 0.2) is 0 Å². The molecular formula is C17H26. The van der Waals surface area contributed by atoms with Gasteiger partial charge in [-0.05, 0) is 61.8 Å². The van der Waals surface area contributed by atoms with Crippen LogP contribution in [0.4, 0.5) is 0 Å². The summed E-state index contributed by atoms with van der Waals surface area (Å²) >= 11 is 0. The van der Waals surface area contributed by atoms with Gasteiger partial charge in [0.25, 0.3) is 0 Å². The molecule has 0 spiro atoms. The van der Waals surface area contributed by atoms with Crippen LogP contribution >= 0.6 is 0 Å². The second-order valence-electron chi connectivity index (χ2n) is 4.73. The molecule has 0 saturated heterocycles. The SMILES string of the molecule is CC=CCc1ccc(C)c(CC)c1CCCC. The molecule has 94 valence electrons. The van der Waals surface area contributed by atoms with Crippen LogP contribution in [0.1, 0.15) is 55.9 Å². The third-order valence-electron chi connectivity index (χ3n) is 3.47. The minimum atomic E-state index is 1.09. The minimum Gasteiger partial charge on any atom is -0.0913 e. The van der Waals surface area contributed by atoms with E-state index in [4.69, 9.17) is 0 Å². The molecule has 0 atom stereocenters. The zero-order valence-electron chi connectivity index (χ0n) is 11.8. The Morgan fingerprint density at radius 2 is 1.88 bits per heavy atom. The van der Waals surface area contributed by atoms with Crippen LogP contribution in [0.25, 0.3) is 0 Å². The molecule has 0 nitrogen and oxygen atoms in total. The predicted molar refractivity (Wildman–Crippen MR) is 77.7 cm³/mol. The first-order valence-corrected chi connectivity index (χ1v) is 6.95. The number of aryl methyl sites for hydroxylation is 1. The van der Waals surface area contributed by atoms with Gasteiger partial charge in [0, 0.05) is 0 Å². The van der Waals surface area contributed by atoms with Crippen LogP contribution in [-0.2, 0) is 19.3 Å². The van der Waals surface area contributed by atoms with Gasteiger partial charge in [-0.1, -0.05) is 44.6 Å². The van der Waals surface area contributed by atoms with E-state index in [0.29, 0.717) is 0 Å². The van der Waals surface area contributed by atoms with Crippen molar-refractivity contribution in [3.05, 3.63) is 46.5 Å². The third-order valence-corrected chi connectivity index (χ3v) is 3.47. The molecule has 0 aliphatic rings. The standard InChI is InChI=1S/C17H26/c1-5-8-10-15-13-12-14(4)16(7-3)17(15)11-9-6-2/h5,8,12-13H,6-7,9-11H2,1-4H3. The lowest BCUT2D eigenvalue weighted by Gasteiger charge is -2.15. The zero-order chi connectivity index (χ0) is 12.7. The van der Waals surface area contributed by atoms with E-state index in [1.807, 2.05) is 0 Å². The number of hydrogen-bond donors (Lipinski definition) is 0. The third kappa shape index (κ3) is 3.73. The van der Waals surface area contributed by atoms with Crippen molar-refractivity contribution in [3.63, 3.8) is 0 Å². The number of hydrogen-bond acceptors (Lipinski definition) is 0. The summed E-state index contributed by atoms with van der Waals surface area (Å²) in [6.45, 7) is 8.89. The van der Waals surface area contributed by atoms with Gasteiger partial charge >= 0.3 is 0 Å². The maximum atomic E-state index is 2.32. The summed E-state index contributed by atoms with van der Waals surface area (Å²) in [5.74, 6) is 0. The van der Waals surface area contributed by atoms with Gasteiger partial charge in [-0.15, -0.1) is 0 Å². The molecule has 17 heavy (non-hydrogen) atoms. The average Bonchev–Trinajstić information content (AvgIpc) is 2.35. The van der Waals surface area contributed by atoms with Crippen LogP contribution in [0.2, 0.25) is 0 Å². The van der Waals surface area contributed by atoms with Crippen LogP contribution in [0.15, 0.2) is 24.3 Å². The van der Waals surface area contributed by atoms with E-state index in [1.54, 1.807) is 11.1 Å². The molecule has 0 amide bonds. The number of rotatable bonds is 6. The molecule has 0 heterocycles. The normalized spacial score (nSPS) is 11.3. The lowest BCUT2D eigenvalue weighted by Crippen LogP contribution is -2.02. The Kier molecular flexibility index (Phi) is 6.04. The van der Waals surface area contributed by atoms with E-state index >= 15 is 0 Å². The quantitative estimate of drug-likeness (QED) is 0.602. The van der Waals surface area contributed by atoms with Crippen LogP contribution in [0, 0.1) is 6.92 Å². The summed E-state index contributed by atoms with van der Waals surface area (Å²) in [6.07, 6.45) is 10.5. The first-order valence-electron chi connectivity index (χ1n) is 6.95. The van der Waals surface area contributed by atoms with Crippen molar-refractivity contribution in [1.82, 2.24) is 0 Å². The number of unbranched alkanes of at least 4 members (excludes halogenated alkanes) is 1. The van der Waals surface area contributed by atoms with Crippen molar-refractivity contribution in [2.24, 2.45) is 0 Å². The summed E-state index contributed by atoms with van der Waals surface area (Å²) in [6, 6.07) is 4.60. The molecule has 0 bridgehead atoms. The fourth-order valence-corrected chi connectivity index (χ4v) is 2.45. The van der Waals surface area contributed by atoms with E-state index in [0.717, 1.165) is 12.8 Å². The second-order valence-corrected chi connectivity index (χ2v) is 4.73. The number of benzene rings is 1. The van der Waals surface area contributed by atoms with E-state index in [-0.39, 0.29) is 0 Å². The molecule has 1 aromatic rings. The van der Waals surface area contributed by atoms with Crippen LogP contribution < -0.4 is 0 Å². The smallest absolute Gasteiger partial charge is 0.00947 e. The number of allylic oxidation sites excluding steroid dienone is 2. The van der Waals surface area contributed by atoms with E-state index in [9.17, 15) is 0 Å². The first-order chi connectivity index (χ1) is 8.24. The Morgan fingerprint density at radius 1 is 1.12 bits per heavy atom. The fraction of sp³-hybridized carbons (Fsp3) is 0.529. The zero-order valence-corrected chi connectivity index (χ0v) is 11.8. The lowest BCUT2D eigenvalue weighted by molar-refractivity contribution is 0.779. The molecule has 1 aromatic carbocycles. The van der Waals surface area contributed by atoms with Crippen molar-refractivity contribution in [3.8, 4) is 0 Å². The predicted octanol–water partition coefficient (Wildman–Crippen LogP) is 5.02. The van der Waals surface area contributed by atoms with Crippen molar-refractivity contribution >= 4 is 0 Å². The Morgan fingerprint density at radius 3 is 2.47 bits per heavy atom. The minimum absolute atomic E-state index is 1.09. The summed E-state index contributed by atoms with van der Waals surface area (Å²) in [5.41, 5.74) is 6.19. The average molecular weight is 230 g/mol. The molecule has 0 aliphatic carbocycles. The molecule has 0 aliphatic heterocycles. The highest BCUT2D eigenvalue weighted by molar-refractivity contribution is 5.41. The van der Waals surface area contributed by atoms with Crippen molar-refractivity contribution in [2.45, 2.75) is 59.8 Å². The monoisotopic (exact) mass is 230 g/mol.